The van der Waals surface area contributed by atoms with Gasteiger partial charge < -0.3 is 14.7 Å². The molecule has 1 saturated heterocycles. The Labute approximate surface area is 269 Å². The zero-order chi connectivity index (χ0) is 34.2. The van der Waals surface area contributed by atoms with Gasteiger partial charge in [0, 0.05) is 24.6 Å². The number of ether oxygens (including phenoxy) is 1. The molecule has 2 atom stereocenters. The maximum absolute atomic E-state index is 16.0. The van der Waals surface area contributed by atoms with Gasteiger partial charge in [0.15, 0.2) is 15.4 Å². The van der Waals surface area contributed by atoms with Gasteiger partial charge in [-0.25, -0.2) is 17.2 Å². The van der Waals surface area contributed by atoms with Crippen molar-refractivity contribution in [2.75, 3.05) is 13.1 Å². The van der Waals surface area contributed by atoms with E-state index in [-0.39, 0.29) is 42.2 Å². The molecule has 252 valence electrons. The summed E-state index contributed by atoms with van der Waals surface area (Å²) >= 11 is 0. The van der Waals surface area contributed by atoms with E-state index in [4.69, 9.17) is 4.74 Å². The van der Waals surface area contributed by atoms with E-state index < -0.39 is 74.5 Å². The molecular formula is C34H34F5NO6S. The van der Waals surface area contributed by atoms with E-state index in [0.717, 1.165) is 42.5 Å². The molecule has 3 aromatic carbocycles. The first kappa shape index (κ1) is 34.5. The predicted octanol–water partition coefficient (Wildman–Crippen LogP) is 6.75. The minimum Gasteiger partial charge on any atom is -0.481 e. The van der Waals surface area contributed by atoms with Crippen molar-refractivity contribution in [3.63, 3.8) is 0 Å². The van der Waals surface area contributed by atoms with Crippen LogP contribution in [0.15, 0.2) is 77.7 Å². The third-order valence-electron chi connectivity index (χ3n) is 9.53. The molecule has 0 spiro atoms. The van der Waals surface area contributed by atoms with E-state index in [1.54, 1.807) is 30.3 Å². The molecule has 1 unspecified atom stereocenters. The summed E-state index contributed by atoms with van der Waals surface area (Å²) in [4.78, 5) is 26.0. The second-order valence-electron chi connectivity index (χ2n) is 12.3. The molecule has 5 rings (SSSR count). The summed E-state index contributed by atoms with van der Waals surface area (Å²) in [5, 5.41) is 9.32. The molecule has 1 saturated carbocycles. The standard InChI is InChI=1S/C34H34F5NO6S/c1-32(34(37,38)39,46-20-22-5-3-2-4-6-22)28-16-11-25(19-29(28)36)33(47(44,45)27-14-12-26(35)13-15-27)17-18-40(21-33)30(41)23-7-9-24(10-8-23)31(42)43/h2-6,11-16,19,23-24H,7-10,17-18,20-21H2,1H3,(H,42,43)/t23?,24?,32?,33-/m0/s1. The lowest BCUT2D eigenvalue weighted by Crippen LogP contribution is -2.44. The summed E-state index contributed by atoms with van der Waals surface area (Å²) in [7, 11) is -4.49. The number of alkyl halides is 3. The molecule has 0 aromatic heterocycles. The minimum atomic E-state index is -5.06. The van der Waals surface area contributed by atoms with Crippen LogP contribution in [0.2, 0.25) is 0 Å². The van der Waals surface area contributed by atoms with Crippen molar-refractivity contribution in [1.82, 2.24) is 4.90 Å². The van der Waals surface area contributed by atoms with Crippen molar-refractivity contribution in [2.45, 2.75) is 67.1 Å². The largest absolute Gasteiger partial charge is 0.481 e. The third kappa shape index (κ3) is 6.52. The van der Waals surface area contributed by atoms with Gasteiger partial charge in [-0.2, -0.15) is 13.2 Å². The number of carbonyl (C=O) groups is 2. The van der Waals surface area contributed by atoms with Crippen LogP contribution in [0.1, 0.15) is 55.7 Å². The molecule has 0 bridgehead atoms. The van der Waals surface area contributed by atoms with Crippen LogP contribution in [0.5, 0.6) is 0 Å². The smallest absolute Gasteiger partial charge is 0.421 e. The van der Waals surface area contributed by atoms with Gasteiger partial charge in [-0.15, -0.1) is 0 Å². The van der Waals surface area contributed by atoms with Gasteiger partial charge in [0.1, 0.15) is 16.4 Å². The van der Waals surface area contributed by atoms with Gasteiger partial charge in [0.2, 0.25) is 5.91 Å². The van der Waals surface area contributed by atoms with Crippen LogP contribution >= 0.6 is 0 Å². The quantitative estimate of drug-likeness (QED) is 0.198. The van der Waals surface area contributed by atoms with Crippen LogP contribution in [-0.2, 0) is 41.1 Å². The van der Waals surface area contributed by atoms with Crippen molar-refractivity contribution in [3.8, 4) is 0 Å². The van der Waals surface area contributed by atoms with Crippen molar-refractivity contribution >= 4 is 21.7 Å². The van der Waals surface area contributed by atoms with E-state index >= 15 is 4.39 Å². The normalized spacial score (nSPS) is 23.3. The van der Waals surface area contributed by atoms with Crippen molar-refractivity contribution in [2.24, 2.45) is 11.8 Å². The second kappa shape index (κ2) is 13.0. The van der Waals surface area contributed by atoms with Crippen molar-refractivity contribution in [1.29, 1.82) is 0 Å². The Balaban J connectivity index is 1.52. The summed E-state index contributed by atoms with van der Waals surface area (Å²) < 4.78 is 105. The highest BCUT2D eigenvalue weighted by molar-refractivity contribution is 7.92. The molecular weight excluding hydrogens is 645 g/mol. The number of carbonyl (C=O) groups excluding carboxylic acids is 1. The summed E-state index contributed by atoms with van der Waals surface area (Å²) in [5.41, 5.74) is -3.68. The number of hydrogen-bond acceptors (Lipinski definition) is 5. The molecule has 3 aromatic rings. The average molecular weight is 680 g/mol. The molecule has 1 aliphatic carbocycles. The van der Waals surface area contributed by atoms with E-state index in [0.29, 0.717) is 25.3 Å². The fourth-order valence-corrected chi connectivity index (χ4v) is 8.63. The van der Waals surface area contributed by atoms with Crippen LogP contribution in [-0.4, -0.2) is 49.6 Å². The number of carboxylic acids is 1. The number of halogens is 5. The Morgan fingerprint density at radius 1 is 0.936 bits per heavy atom. The molecule has 2 fully saturated rings. The second-order valence-corrected chi connectivity index (χ2v) is 14.6. The number of amides is 1. The topological polar surface area (TPSA) is 101 Å². The minimum absolute atomic E-state index is 0.0536. The van der Waals surface area contributed by atoms with Gasteiger partial charge in [-0.3, -0.25) is 9.59 Å². The highest BCUT2D eigenvalue weighted by Crippen LogP contribution is 2.48. The highest BCUT2D eigenvalue weighted by Gasteiger charge is 2.57. The van der Waals surface area contributed by atoms with Crippen LogP contribution in [0.25, 0.3) is 0 Å². The SMILES string of the molecule is CC(OCc1ccccc1)(c1ccc([C@]2(S(=O)(=O)c3ccc(F)cc3)CCN(C(=O)C3CCC(C(=O)O)CC3)C2)cc1F)C(F)(F)F. The lowest BCUT2D eigenvalue weighted by Gasteiger charge is -2.35. The van der Waals surface area contributed by atoms with E-state index in [1.807, 2.05) is 0 Å². The summed E-state index contributed by atoms with van der Waals surface area (Å²) in [6.07, 6.45) is -4.09. The number of aliphatic carboxylic acids is 1. The Hall–Kier alpha value is -3.84. The zero-order valence-corrected chi connectivity index (χ0v) is 26.3. The lowest BCUT2D eigenvalue weighted by molar-refractivity contribution is -0.282. The summed E-state index contributed by atoms with van der Waals surface area (Å²) in [6.45, 7) is -0.257. The number of nitrogens with zero attached hydrogens (tertiary/aromatic N) is 1. The van der Waals surface area contributed by atoms with Crippen molar-refractivity contribution < 1.29 is 49.8 Å². The molecule has 2 aliphatic rings. The van der Waals surface area contributed by atoms with Gasteiger partial charge in [-0.05, 0) is 80.5 Å². The molecule has 7 nitrogen and oxygen atoms in total. The Morgan fingerprint density at radius 3 is 2.13 bits per heavy atom. The Morgan fingerprint density at radius 2 is 1.55 bits per heavy atom. The summed E-state index contributed by atoms with van der Waals surface area (Å²) in [6, 6.07) is 14.8. The van der Waals surface area contributed by atoms with E-state index in [9.17, 15) is 40.7 Å². The lowest BCUT2D eigenvalue weighted by atomic mass is 9.81. The van der Waals surface area contributed by atoms with Crippen molar-refractivity contribution in [3.05, 3.63) is 101 Å². The first-order valence-corrected chi connectivity index (χ1v) is 16.6. The number of carboxylic acid groups (broad SMARTS) is 1. The first-order valence-electron chi connectivity index (χ1n) is 15.2. The van der Waals surface area contributed by atoms with Gasteiger partial charge in [-0.1, -0.05) is 42.5 Å². The van der Waals surface area contributed by atoms with E-state index in [2.05, 4.69) is 0 Å². The Kier molecular flexibility index (Phi) is 9.53. The number of sulfone groups is 1. The maximum atomic E-state index is 16.0. The molecule has 0 radical (unpaired) electrons. The fraction of sp³-hybridized carbons (Fsp3) is 0.412. The van der Waals surface area contributed by atoms with Crippen LogP contribution in [0.4, 0.5) is 22.0 Å². The molecule has 1 aliphatic heterocycles. The average Bonchev–Trinajstić information content (AvgIpc) is 3.51. The molecule has 47 heavy (non-hydrogen) atoms. The fourth-order valence-electron chi connectivity index (χ4n) is 6.56. The Bertz CT molecular complexity index is 1730. The predicted molar refractivity (Wildman–Crippen MR) is 161 cm³/mol. The molecule has 1 amide bonds. The molecule has 1 heterocycles. The zero-order valence-electron chi connectivity index (χ0n) is 25.5. The number of benzene rings is 3. The van der Waals surface area contributed by atoms with Gasteiger partial charge >= 0.3 is 12.1 Å². The molecule has 13 heteroatoms. The monoisotopic (exact) mass is 679 g/mol. The number of rotatable bonds is 9. The van der Waals surface area contributed by atoms with Crippen LogP contribution < -0.4 is 0 Å². The first-order chi connectivity index (χ1) is 22.1. The number of hydrogen-bond donors (Lipinski definition) is 1. The van der Waals surface area contributed by atoms with Gasteiger partial charge in [0.05, 0.1) is 17.4 Å². The van der Waals surface area contributed by atoms with Gasteiger partial charge in [0.25, 0.3) is 0 Å². The van der Waals surface area contributed by atoms with Crippen LogP contribution in [0.3, 0.4) is 0 Å². The van der Waals surface area contributed by atoms with Crippen LogP contribution in [0, 0.1) is 23.5 Å². The molecule has 1 N–H and O–H groups in total. The summed E-state index contributed by atoms with van der Waals surface area (Å²) in [5.74, 6) is -4.48. The van der Waals surface area contributed by atoms with E-state index in [1.165, 1.54) is 4.90 Å². The number of likely N-dealkylation sites (tertiary alicyclic amines) is 1. The highest BCUT2D eigenvalue weighted by atomic mass is 32.2. The third-order valence-corrected chi connectivity index (χ3v) is 12.0. The maximum Gasteiger partial charge on any atom is 0.421 e.